The molecule has 0 radical (unpaired) electrons. The normalized spacial score (nSPS) is 14.0. The van der Waals surface area contributed by atoms with Crippen LogP contribution in [0.4, 0.5) is 4.79 Å². The van der Waals surface area contributed by atoms with Crippen LogP contribution < -0.4 is 5.32 Å². The first kappa shape index (κ1) is 25.6. The van der Waals surface area contributed by atoms with E-state index in [-0.39, 0.29) is 18.6 Å². The molecule has 182 valence electrons. The number of carboxylic acids is 1. The minimum absolute atomic E-state index is 0.0814. The van der Waals surface area contributed by atoms with Crippen molar-refractivity contribution in [2.75, 3.05) is 25.2 Å². The third kappa shape index (κ3) is 5.91. The Labute approximate surface area is 204 Å². The van der Waals surface area contributed by atoms with E-state index < -0.39 is 30.6 Å². The zero-order valence-corrected chi connectivity index (χ0v) is 20.6. The molecule has 1 aliphatic carbocycles. The van der Waals surface area contributed by atoms with Gasteiger partial charge in [0.05, 0.1) is 0 Å². The maximum absolute atomic E-state index is 13.2. The van der Waals surface area contributed by atoms with Gasteiger partial charge in [0.15, 0.2) is 0 Å². The number of carboxylic acid groups (broad SMARTS) is 1. The maximum atomic E-state index is 13.2. The second-order valence-electron chi connectivity index (χ2n) is 8.42. The monoisotopic (exact) mass is 484 g/mol. The molecule has 34 heavy (non-hydrogen) atoms. The molecule has 2 aromatic rings. The molecule has 1 unspecified atom stereocenters. The predicted octanol–water partition coefficient (Wildman–Crippen LogP) is 4.36. The van der Waals surface area contributed by atoms with Crippen molar-refractivity contribution in [2.24, 2.45) is 0 Å². The van der Waals surface area contributed by atoms with E-state index in [0.717, 1.165) is 22.3 Å². The van der Waals surface area contributed by atoms with Gasteiger partial charge in [-0.2, -0.15) is 11.8 Å². The fourth-order valence-electron chi connectivity index (χ4n) is 4.29. The minimum Gasteiger partial charge on any atom is -0.480 e. The molecule has 0 aliphatic heterocycles. The number of alkyl carbamates (subject to hydrolysis) is 1. The lowest BCUT2D eigenvalue weighted by molar-refractivity contribution is -0.147. The summed E-state index contributed by atoms with van der Waals surface area (Å²) >= 11 is 1.55. The van der Waals surface area contributed by atoms with Crippen molar-refractivity contribution >= 4 is 29.7 Å². The van der Waals surface area contributed by atoms with Gasteiger partial charge < -0.3 is 20.1 Å². The van der Waals surface area contributed by atoms with Crippen LogP contribution >= 0.6 is 11.8 Å². The molecular weight excluding hydrogens is 452 g/mol. The van der Waals surface area contributed by atoms with E-state index in [1.165, 1.54) is 4.90 Å². The highest BCUT2D eigenvalue weighted by Crippen LogP contribution is 2.44. The highest BCUT2D eigenvalue weighted by molar-refractivity contribution is 7.98. The summed E-state index contributed by atoms with van der Waals surface area (Å²) in [6, 6.07) is 15.0. The Morgan fingerprint density at radius 2 is 1.68 bits per heavy atom. The molecule has 3 rings (SSSR count). The second-order valence-corrected chi connectivity index (χ2v) is 9.41. The van der Waals surface area contributed by atoms with Crippen LogP contribution in [0.2, 0.25) is 0 Å². The highest BCUT2D eigenvalue weighted by atomic mass is 32.2. The first-order chi connectivity index (χ1) is 16.4. The average Bonchev–Trinajstić information content (AvgIpc) is 3.16. The smallest absolute Gasteiger partial charge is 0.407 e. The molecule has 8 heteroatoms. The lowest BCUT2D eigenvalue weighted by Crippen LogP contribution is -2.53. The van der Waals surface area contributed by atoms with Crippen molar-refractivity contribution in [3.8, 4) is 11.1 Å². The number of nitrogens with zero attached hydrogens (tertiary/aromatic N) is 1. The molecule has 0 fully saturated rings. The van der Waals surface area contributed by atoms with Gasteiger partial charge in [0, 0.05) is 12.0 Å². The number of nitrogens with one attached hydrogen (secondary N) is 1. The second kappa shape index (κ2) is 11.9. The van der Waals surface area contributed by atoms with Crippen molar-refractivity contribution in [1.29, 1.82) is 0 Å². The van der Waals surface area contributed by atoms with Crippen molar-refractivity contribution in [3.63, 3.8) is 0 Å². The summed E-state index contributed by atoms with van der Waals surface area (Å²) in [6.45, 7) is 3.44. The topological polar surface area (TPSA) is 95.9 Å². The van der Waals surface area contributed by atoms with Crippen LogP contribution in [-0.4, -0.2) is 65.2 Å². The molecule has 2 aromatic carbocycles. The van der Waals surface area contributed by atoms with Crippen LogP contribution in [0.25, 0.3) is 11.1 Å². The Morgan fingerprint density at radius 1 is 1.09 bits per heavy atom. The fraction of sp³-hybridized carbons (Fsp3) is 0.423. The number of amides is 2. The predicted molar refractivity (Wildman–Crippen MR) is 134 cm³/mol. The van der Waals surface area contributed by atoms with Gasteiger partial charge in [-0.15, -0.1) is 0 Å². The van der Waals surface area contributed by atoms with Crippen LogP contribution in [-0.2, 0) is 14.3 Å². The van der Waals surface area contributed by atoms with Gasteiger partial charge in [0.2, 0.25) is 5.91 Å². The molecule has 0 bridgehead atoms. The van der Waals surface area contributed by atoms with Gasteiger partial charge in [-0.1, -0.05) is 55.5 Å². The molecule has 2 amide bonds. The highest BCUT2D eigenvalue weighted by Gasteiger charge is 2.32. The van der Waals surface area contributed by atoms with Gasteiger partial charge >= 0.3 is 12.1 Å². The number of hydrogen-bond acceptors (Lipinski definition) is 5. The van der Waals surface area contributed by atoms with Crippen molar-refractivity contribution < 1.29 is 24.2 Å². The van der Waals surface area contributed by atoms with Crippen molar-refractivity contribution in [1.82, 2.24) is 10.2 Å². The number of carbonyl (C=O) groups excluding carboxylic acids is 2. The Bertz CT molecular complexity index is 982. The third-order valence-corrected chi connectivity index (χ3v) is 6.90. The lowest BCUT2D eigenvalue weighted by atomic mass is 9.98. The van der Waals surface area contributed by atoms with Gasteiger partial charge in [0.1, 0.15) is 19.2 Å². The summed E-state index contributed by atoms with van der Waals surface area (Å²) in [6.07, 6.45) is 2.23. The number of carbonyl (C=O) groups is 3. The first-order valence-electron chi connectivity index (χ1n) is 11.5. The van der Waals surface area contributed by atoms with Gasteiger partial charge in [0.25, 0.3) is 0 Å². The number of thioether (sulfide) groups is 1. The Morgan fingerprint density at radius 3 is 2.21 bits per heavy atom. The number of rotatable bonds is 11. The number of aliphatic carboxylic acids is 1. The molecular formula is C26H32N2O5S. The van der Waals surface area contributed by atoms with Crippen molar-refractivity contribution in [2.45, 2.75) is 44.7 Å². The maximum Gasteiger partial charge on any atom is 0.407 e. The Balaban J connectivity index is 1.70. The molecule has 0 saturated carbocycles. The average molecular weight is 485 g/mol. The largest absolute Gasteiger partial charge is 0.480 e. The summed E-state index contributed by atoms with van der Waals surface area (Å²) in [5.74, 6) is -0.929. The summed E-state index contributed by atoms with van der Waals surface area (Å²) in [4.78, 5) is 38.6. The molecule has 0 saturated heterocycles. The molecule has 0 heterocycles. The van der Waals surface area contributed by atoms with E-state index in [0.29, 0.717) is 18.6 Å². The van der Waals surface area contributed by atoms with E-state index in [2.05, 4.69) is 17.4 Å². The van der Waals surface area contributed by atoms with Crippen LogP contribution in [0.3, 0.4) is 0 Å². The van der Waals surface area contributed by atoms with E-state index in [1.807, 2.05) is 49.6 Å². The Hall–Kier alpha value is -3.00. The molecule has 2 N–H and O–H groups in total. The molecule has 0 aromatic heterocycles. The summed E-state index contributed by atoms with van der Waals surface area (Å²) < 4.78 is 5.60. The lowest BCUT2D eigenvalue weighted by Gasteiger charge is -2.31. The van der Waals surface area contributed by atoms with Crippen LogP contribution in [0.5, 0.6) is 0 Å². The number of fused-ring (bicyclic) bond motifs is 3. The number of ether oxygens (including phenoxy) is 1. The molecule has 0 spiro atoms. The van der Waals surface area contributed by atoms with Gasteiger partial charge in [-0.25, -0.2) is 4.79 Å². The summed E-state index contributed by atoms with van der Waals surface area (Å²) in [5, 5.41) is 12.0. The van der Waals surface area contributed by atoms with E-state index in [4.69, 9.17) is 4.74 Å². The summed E-state index contributed by atoms with van der Waals surface area (Å²) in [5.41, 5.74) is 4.49. The zero-order valence-electron chi connectivity index (χ0n) is 19.8. The minimum atomic E-state index is -1.08. The fourth-order valence-corrected chi connectivity index (χ4v) is 4.76. The molecule has 7 nitrogen and oxygen atoms in total. The first-order valence-corrected chi connectivity index (χ1v) is 12.9. The van der Waals surface area contributed by atoms with Crippen LogP contribution in [0.1, 0.15) is 43.7 Å². The zero-order chi connectivity index (χ0) is 24.7. The van der Waals surface area contributed by atoms with Crippen LogP contribution in [0, 0.1) is 0 Å². The third-order valence-electron chi connectivity index (χ3n) is 6.26. The van der Waals surface area contributed by atoms with E-state index in [1.54, 1.807) is 18.7 Å². The Kier molecular flexibility index (Phi) is 8.98. The van der Waals surface area contributed by atoms with E-state index in [9.17, 15) is 19.5 Å². The van der Waals surface area contributed by atoms with Gasteiger partial charge in [-0.05, 0) is 54.0 Å². The standard InChI is InChI=1S/C26H32N2O5S/c1-4-17(2)28(15-24(29)30)25(31)23(13-14-34-3)27-26(32)33-16-22-20-11-7-5-9-18(20)19-10-6-8-12-21(19)22/h5-12,17,22-23H,4,13-16H2,1-3H3,(H,27,32)(H,29,30)/t17?,23-/m1/s1. The summed E-state index contributed by atoms with van der Waals surface area (Å²) in [7, 11) is 0. The molecule has 1 aliphatic rings. The number of hydrogen-bond donors (Lipinski definition) is 2. The van der Waals surface area contributed by atoms with Gasteiger partial charge in [-0.3, -0.25) is 9.59 Å². The van der Waals surface area contributed by atoms with Crippen molar-refractivity contribution in [3.05, 3.63) is 59.7 Å². The number of benzene rings is 2. The van der Waals surface area contributed by atoms with E-state index >= 15 is 0 Å². The SMILES string of the molecule is CCC(C)N(CC(=O)O)C(=O)[C@@H](CCSC)NC(=O)OCC1c2ccccc2-c2ccccc21. The molecule has 2 atom stereocenters. The quantitative estimate of drug-likeness (QED) is 0.492. The van der Waals surface area contributed by atoms with Crippen LogP contribution in [0.15, 0.2) is 48.5 Å².